The van der Waals surface area contributed by atoms with Gasteiger partial charge in [0.05, 0.1) is 6.61 Å². The Morgan fingerprint density at radius 1 is 1.20 bits per heavy atom. The number of carbonyl (C=O) groups is 3. The van der Waals surface area contributed by atoms with E-state index in [0.29, 0.717) is 11.1 Å². The third kappa shape index (κ3) is 1.78. The van der Waals surface area contributed by atoms with Crippen molar-refractivity contribution in [3.05, 3.63) is 40.5 Å². The summed E-state index contributed by atoms with van der Waals surface area (Å²) in [5.74, 6) is -0.806. The molecule has 1 aromatic carbocycles. The van der Waals surface area contributed by atoms with Gasteiger partial charge in [-0.3, -0.25) is 14.4 Å². The molecule has 1 atom stereocenters. The number of hydrogen-bond acceptors (Lipinski definition) is 5. The highest BCUT2D eigenvalue weighted by Crippen LogP contribution is 2.34. The summed E-state index contributed by atoms with van der Waals surface area (Å²) < 4.78 is 5.34. The van der Waals surface area contributed by atoms with Crippen LogP contribution in [-0.4, -0.2) is 35.2 Å². The zero-order valence-electron chi connectivity index (χ0n) is 10.8. The lowest BCUT2D eigenvalue weighted by Gasteiger charge is -2.28. The lowest BCUT2D eigenvalue weighted by molar-refractivity contribution is -0.128. The molecule has 5 heteroatoms. The number of ketones is 3. The number of Topliss-reactive ketones (excluding diaryl/α,β-unsaturated/α-hetero) is 3. The first-order valence-corrected chi connectivity index (χ1v) is 6.25. The number of fused-ring (bicyclic) bond motifs is 1. The molecule has 5 nitrogen and oxygen atoms in total. The number of hydrogen-bond donors (Lipinski definition) is 1. The largest absolute Gasteiger partial charge is 0.508 e. The van der Waals surface area contributed by atoms with Gasteiger partial charge in [-0.05, 0) is 25.1 Å². The van der Waals surface area contributed by atoms with Gasteiger partial charge in [0, 0.05) is 28.7 Å². The molecule has 102 valence electrons. The van der Waals surface area contributed by atoms with Crippen molar-refractivity contribution in [3.63, 3.8) is 0 Å². The number of ether oxygens (including phenoxy) is 1. The zero-order chi connectivity index (χ0) is 14.4. The van der Waals surface area contributed by atoms with Crippen molar-refractivity contribution in [2.75, 3.05) is 6.61 Å². The molecule has 0 saturated heterocycles. The Hall–Kier alpha value is -2.27. The van der Waals surface area contributed by atoms with Gasteiger partial charge >= 0.3 is 0 Å². The highest BCUT2D eigenvalue weighted by Gasteiger charge is 2.37. The number of aromatic hydroxyl groups is 1. The van der Waals surface area contributed by atoms with E-state index in [-0.39, 0.29) is 47.3 Å². The van der Waals surface area contributed by atoms with E-state index in [1.165, 1.54) is 25.1 Å². The Bertz CT molecular complexity index is 684. The SMILES string of the molecule is CC(=O)C1CC2=C(CO1)C(=O)c1ccc(O)cc1C2=O. The lowest BCUT2D eigenvalue weighted by atomic mass is 9.80. The molecule has 0 saturated carbocycles. The minimum Gasteiger partial charge on any atom is -0.508 e. The summed E-state index contributed by atoms with van der Waals surface area (Å²) in [5, 5.41) is 9.47. The third-order valence-electron chi connectivity index (χ3n) is 3.68. The maximum absolute atomic E-state index is 12.4. The molecule has 0 bridgehead atoms. The van der Waals surface area contributed by atoms with Crippen molar-refractivity contribution in [2.24, 2.45) is 0 Å². The van der Waals surface area contributed by atoms with Gasteiger partial charge in [-0.25, -0.2) is 0 Å². The van der Waals surface area contributed by atoms with Gasteiger partial charge in [0.15, 0.2) is 17.3 Å². The van der Waals surface area contributed by atoms with Crippen molar-refractivity contribution in [1.82, 2.24) is 0 Å². The van der Waals surface area contributed by atoms with Gasteiger partial charge in [0.25, 0.3) is 0 Å². The zero-order valence-corrected chi connectivity index (χ0v) is 10.8. The van der Waals surface area contributed by atoms with Crippen LogP contribution in [0.1, 0.15) is 34.1 Å². The second-order valence-electron chi connectivity index (χ2n) is 4.96. The minimum atomic E-state index is -0.677. The van der Waals surface area contributed by atoms with Gasteiger partial charge in [0.2, 0.25) is 0 Å². The van der Waals surface area contributed by atoms with Gasteiger partial charge in [-0.2, -0.15) is 0 Å². The first kappa shape index (κ1) is 12.7. The number of phenols is 1. The Kier molecular flexibility index (Phi) is 2.79. The molecule has 0 amide bonds. The second kappa shape index (κ2) is 4.38. The van der Waals surface area contributed by atoms with E-state index < -0.39 is 6.10 Å². The number of phenolic OH excluding ortho intramolecular Hbond substituents is 1. The van der Waals surface area contributed by atoms with Crippen molar-refractivity contribution in [2.45, 2.75) is 19.4 Å². The van der Waals surface area contributed by atoms with Crippen LogP contribution in [0, 0.1) is 0 Å². The van der Waals surface area contributed by atoms with Crippen LogP contribution in [0.2, 0.25) is 0 Å². The Morgan fingerprint density at radius 2 is 1.90 bits per heavy atom. The van der Waals surface area contributed by atoms with Gasteiger partial charge in [0.1, 0.15) is 11.9 Å². The number of benzene rings is 1. The molecule has 1 aromatic rings. The molecule has 1 heterocycles. The summed E-state index contributed by atoms with van der Waals surface area (Å²) in [7, 11) is 0. The number of carbonyl (C=O) groups excluding carboxylic acids is 3. The van der Waals surface area contributed by atoms with E-state index in [1.54, 1.807) is 0 Å². The molecule has 3 rings (SSSR count). The van der Waals surface area contributed by atoms with Crippen molar-refractivity contribution >= 4 is 17.3 Å². The summed E-state index contributed by atoms with van der Waals surface area (Å²) in [6.07, 6.45) is -0.561. The molecule has 1 aliphatic heterocycles. The highest BCUT2D eigenvalue weighted by atomic mass is 16.5. The second-order valence-corrected chi connectivity index (χ2v) is 4.96. The first-order valence-electron chi connectivity index (χ1n) is 6.25. The molecule has 2 aliphatic rings. The minimum absolute atomic E-state index is 0.0233. The molecule has 1 unspecified atom stereocenters. The van der Waals surface area contributed by atoms with Crippen LogP contribution in [0.3, 0.4) is 0 Å². The van der Waals surface area contributed by atoms with Crippen LogP contribution in [-0.2, 0) is 9.53 Å². The Balaban J connectivity index is 2.09. The summed E-state index contributed by atoms with van der Waals surface area (Å²) in [5.41, 5.74) is 1.12. The predicted molar refractivity (Wildman–Crippen MR) is 68.8 cm³/mol. The Labute approximate surface area is 114 Å². The van der Waals surface area contributed by atoms with E-state index in [2.05, 4.69) is 0 Å². The molecule has 0 fully saturated rings. The average molecular weight is 272 g/mol. The molecule has 0 aromatic heterocycles. The summed E-state index contributed by atoms with van der Waals surface area (Å²) in [4.78, 5) is 36.1. The van der Waals surface area contributed by atoms with E-state index in [9.17, 15) is 19.5 Å². The van der Waals surface area contributed by atoms with E-state index in [4.69, 9.17) is 4.74 Å². The highest BCUT2D eigenvalue weighted by molar-refractivity contribution is 6.27. The predicted octanol–water partition coefficient (Wildman–Crippen LogP) is 1.45. The lowest BCUT2D eigenvalue weighted by Crippen LogP contribution is -2.35. The fourth-order valence-electron chi connectivity index (χ4n) is 2.58. The maximum atomic E-state index is 12.4. The quantitative estimate of drug-likeness (QED) is 0.836. The van der Waals surface area contributed by atoms with Crippen LogP contribution in [0.4, 0.5) is 0 Å². The van der Waals surface area contributed by atoms with Gasteiger partial charge in [-0.15, -0.1) is 0 Å². The van der Waals surface area contributed by atoms with Crippen LogP contribution >= 0.6 is 0 Å². The van der Waals surface area contributed by atoms with Crippen LogP contribution in [0.25, 0.3) is 0 Å². The molecule has 0 radical (unpaired) electrons. The van der Waals surface area contributed by atoms with Crippen LogP contribution < -0.4 is 0 Å². The van der Waals surface area contributed by atoms with E-state index in [0.717, 1.165) is 0 Å². The monoisotopic (exact) mass is 272 g/mol. The normalized spacial score (nSPS) is 21.6. The Morgan fingerprint density at radius 3 is 2.60 bits per heavy atom. The van der Waals surface area contributed by atoms with Crippen molar-refractivity contribution in [1.29, 1.82) is 0 Å². The topological polar surface area (TPSA) is 80.7 Å². The van der Waals surface area contributed by atoms with Crippen molar-refractivity contribution in [3.8, 4) is 5.75 Å². The molecular formula is C15H12O5. The summed E-state index contributed by atoms with van der Waals surface area (Å²) >= 11 is 0. The van der Waals surface area contributed by atoms with Crippen molar-refractivity contribution < 1.29 is 24.2 Å². The van der Waals surface area contributed by atoms with Crippen LogP contribution in [0.15, 0.2) is 29.3 Å². The maximum Gasteiger partial charge on any atom is 0.192 e. The average Bonchev–Trinajstić information content (AvgIpc) is 2.44. The summed E-state index contributed by atoms with van der Waals surface area (Å²) in [6.45, 7) is 1.37. The summed E-state index contributed by atoms with van der Waals surface area (Å²) in [6, 6.07) is 4.10. The third-order valence-corrected chi connectivity index (χ3v) is 3.68. The van der Waals surface area contributed by atoms with E-state index >= 15 is 0 Å². The number of rotatable bonds is 1. The fourth-order valence-corrected chi connectivity index (χ4v) is 2.58. The van der Waals surface area contributed by atoms with E-state index in [1.807, 2.05) is 0 Å². The standard InChI is InChI=1S/C15H12O5/c1-7(16)13-5-11-12(6-20-13)14(18)9-3-2-8(17)4-10(9)15(11)19/h2-4,13,17H,5-6H2,1H3. The molecular weight excluding hydrogens is 260 g/mol. The molecule has 0 spiro atoms. The van der Waals surface area contributed by atoms with Gasteiger partial charge in [-0.1, -0.05) is 0 Å². The fraction of sp³-hybridized carbons (Fsp3) is 0.267. The van der Waals surface area contributed by atoms with Gasteiger partial charge < -0.3 is 9.84 Å². The molecule has 1 N–H and O–H groups in total. The first-order chi connectivity index (χ1) is 9.49. The molecule has 20 heavy (non-hydrogen) atoms. The molecule has 1 aliphatic carbocycles. The smallest absolute Gasteiger partial charge is 0.192 e. The van der Waals surface area contributed by atoms with Crippen LogP contribution in [0.5, 0.6) is 5.75 Å².